The van der Waals surface area contributed by atoms with E-state index in [-0.39, 0.29) is 35.1 Å². The van der Waals surface area contributed by atoms with Gasteiger partial charge in [0.2, 0.25) is 5.91 Å². The molecule has 4 rings (SSSR count). The van der Waals surface area contributed by atoms with E-state index in [1.165, 1.54) is 0 Å². The molecule has 0 bridgehead atoms. The molecule has 1 aliphatic carbocycles. The first kappa shape index (κ1) is 29.4. The number of likely N-dealkylation sites (tertiary alicyclic amines) is 1. The number of allylic oxidation sites excluding steroid dienone is 1. The molecule has 1 saturated carbocycles. The van der Waals surface area contributed by atoms with Crippen molar-refractivity contribution in [1.82, 2.24) is 4.90 Å². The molecule has 0 N–H and O–H groups in total. The molecule has 2 fully saturated rings. The Morgan fingerprint density at radius 1 is 1.08 bits per heavy atom. The topological polar surface area (TPSA) is 29.5 Å². The van der Waals surface area contributed by atoms with Crippen molar-refractivity contribution in [1.29, 1.82) is 0 Å². The third-order valence-corrected chi connectivity index (χ3v) is 14.2. The number of amides is 1. The number of piperidine rings is 1. The summed E-state index contributed by atoms with van der Waals surface area (Å²) in [5, 5.41) is 1.56. The van der Waals surface area contributed by atoms with Crippen molar-refractivity contribution >= 4 is 37.4 Å². The van der Waals surface area contributed by atoms with Gasteiger partial charge >= 0.3 is 0 Å². The van der Waals surface area contributed by atoms with Gasteiger partial charge in [-0.15, -0.1) is 6.58 Å². The van der Waals surface area contributed by atoms with Gasteiger partial charge in [-0.3, -0.25) is 4.79 Å². The molecule has 2 aromatic carbocycles. The van der Waals surface area contributed by atoms with Crippen LogP contribution in [0.25, 0.3) is 0 Å². The van der Waals surface area contributed by atoms with E-state index in [9.17, 15) is 4.79 Å². The minimum absolute atomic E-state index is 0.0953. The largest absolute Gasteiger partial charge is 0.414 e. The molecule has 2 aromatic rings. The van der Waals surface area contributed by atoms with Crippen LogP contribution in [0.15, 0.2) is 61.2 Å². The van der Waals surface area contributed by atoms with Gasteiger partial charge < -0.3 is 9.33 Å². The van der Waals surface area contributed by atoms with Crippen molar-refractivity contribution in [3.63, 3.8) is 0 Å². The lowest BCUT2D eigenvalue weighted by molar-refractivity contribution is -0.154. The quantitative estimate of drug-likeness (QED) is 0.244. The summed E-state index contributed by atoms with van der Waals surface area (Å²) in [4.78, 5) is 16.7. The molecular weight excluding hydrogens is 529 g/mol. The Bertz CT molecular complexity index is 1160. The van der Waals surface area contributed by atoms with Crippen molar-refractivity contribution in [2.75, 3.05) is 0 Å². The highest BCUT2D eigenvalue weighted by Gasteiger charge is 2.52. The summed E-state index contributed by atoms with van der Waals surface area (Å²) in [5.41, 5.74) is 1.75. The molecule has 1 aliphatic heterocycles. The summed E-state index contributed by atoms with van der Waals surface area (Å²) in [6.07, 6.45) is 6.25. The zero-order valence-corrected chi connectivity index (χ0v) is 26.3. The normalized spacial score (nSPS) is 28.5. The van der Waals surface area contributed by atoms with E-state index in [4.69, 9.17) is 27.6 Å². The summed E-state index contributed by atoms with van der Waals surface area (Å²) in [7, 11) is -1.91. The van der Waals surface area contributed by atoms with Gasteiger partial charge in [0.05, 0.1) is 11.5 Å². The predicted molar refractivity (Wildman–Crippen MR) is 162 cm³/mol. The molecule has 1 heterocycles. The second-order valence-corrected chi connectivity index (χ2v) is 18.7. The Morgan fingerprint density at radius 2 is 1.76 bits per heavy atom. The summed E-state index contributed by atoms with van der Waals surface area (Å²) >= 11 is 12.8. The molecule has 3 nitrogen and oxygen atoms in total. The summed E-state index contributed by atoms with van der Waals surface area (Å²) in [5.74, 6) is 0.312. The molecule has 0 spiro atoms. The lowest BCUT2D eigenvalue weighted by Crippen LogP contribution is -2.55. The maximum atomic E-state index is 14.5. The number of rotatable bonds is 7. The Balaban J connectivity index is 1.77. The zero-order valence-electron chi connectivity index (χ0n) is 23.8. The Kier molecular flexibility index (Phi) is 8.60. The van der Waals surface area contributed by atoms with E-state index in [1.54, 1.807) is 0 Å². The SMILES string of the molecule is C=CCC1(C)C[C@H](c2cccc(Cl)c2)[C@@H](c2ccc(Cl)cc2)N([C@H]2CC[C@@H](O[Si](C)(C)C(C)(C)C)C2)C1=O. The van der Waals surface area contributed by atoms with Crippen molar-refractivity contribution in [3.8, 4) is 0 Å². The molecule has 6 heteroatoms. The van der Waals surface area contributed by atoms with Gasteiger partial charge in [0.25, 0.3) is 0 Å². The molecule has 1 unspecified atom stereocenters. The molecule has 1 saturated heterocycles. The maximum Gasteiger partial charge on any atom is 0.229 e. The van der Waals surface area contributed by atoms with E-state index in [0.717, 1.165) is 41.8 Å². The smallest absolute Gasteiger partial charge is 0.229 e. The fourth-order valence-electron chi connectivity index (χ4n) is 6.16. The standard InChI is InChI=1S/C32H43Cl2NO2Si/c1-8-18-32(5)21-28(23-10-9-11-25(34)19-23)29(22-12-14-24(33)15-13-22)35(30(32)36)26-16-17-27(20-26)37-38(6,7)31(2,3)4/h8-15,19,26-29H,1,16-18,20-21H2,2-7H3/t26-,27+,28+,29+,32?/m0/s1. The van der Waals surface area contributed by atoms with Crippen LogP contribution in [0.2, 0.25) is 28.2 Å². The van der Waals surface area contributed by atoms with Gasteiger partial charge in [-0.1, -0.05) is 81.2 Å². The van der Waals surface area contributed by atoms with E-state index in [2.05, 4.69) is 76.5 Å². The number of halogens is 2. The first-order valence-electron chi connectivity index (χ1n) is 13.9. The van der Waals surface area contributed by atoms with Gasteiger partial charge in [0.15, 0.2) is 8.32 Å². The van der Waals surface area contributed by atoms with Crippen molar-refractivity contribution in [3.05, 3.63) is 82.4 Å². The summed E-state index contributed by atoms with van der Waals surface area (Å²) in [6.45, 7) is 17.6. The second-order valence-electron chi connectivity index (χ2n) is 13.1. The minimum atomic E-state index is -1.91. The van der Waals surface area contributed by atoms with Crippen LogP contribution in [0, 0.1) is 5.41 Å². The summed E-state index contributed by atoms with van der Waals surface area (Å²) in [6, 6.07) is 16.2. The van der Waals surface area contributed by atoms with E-state index < -0.39 is 13.7 Å². The molecular formula is C32H43Cl2NO2Si. The molecule has 2 aliphatic rings. The lowest BCUT2D eigenvalue weighted by Gasteiger charge is -2.51. The van der Waals surface area contributed by atoms with Crippen molar-refractivity contribution < 1.29 is 9.22 Å². The van der Waals surface area contributed by atoms with Crippen LogP contribution in [-0.2, 0) is 9.22 Å². The van der Waals surface area contributed by atoms with Crippen LogP contribution < -0.4 is 0 Å². The lowest BCUT2D eigenvalue weighted by atomic mass is 9.67. The molecule has 206 valence electrons. The highest BCUT2D eigenvalue weighted by molar-refractivity contribution is 6.74. The maximum absolute atomic E-state index is 14.5. The average Bonchev–Trinajstić information content (AvgIpc) is 3.28. The monoisotopic (exact) mass is 571 g/mol. The Hall–Kier alpha value is -1.59. The average molecular weight is 573 g/mol. The van der Waals surface area contributed by atoms with Crippen LogP contribution in [-0.4, -0.2) is 31.3 Å². The van der Waals surface area contributed by atoms with Crippen LogP contribution in [0.5, 0.6) is 0 Å². The predicted octanol–water partition coefficient (Wildman–Crippen LogP) is 9.58. The Labute approximate surface area is 240 Å². The first-order valence-corrected chi connectivity index (χ1v) is 17.5. The van der Waals surface area contributed by atoms with Gasteiger partial charge in [-0.05, 0) is 85.6 Å². The number of benzene rings is 2. The van der Waals surface area contributed by atoms with Gasteiger partial charge in [0.1, 0.15) is 0 Å². The van der Waals surface area contributed by atoms with Crippen LogP contribution in [0.1, 0.15) is 82.9 Å². The fraction of sp³-hybridized carbons (Fsp3) is 0.531. The van der Waals surface area contributed by atoms with Crippen LogP contribution in [0.4, 0.5) is 0 Å². The third kappa shape index (κ3) is 5.94. The fourth-order valence-corrected chi connectivity index (χ4v) is 7.88. The highest BCUT2D eigenvalue weighted by Crippen LogP contribution is 2.53. The highest BCUT2D eigenvalue weighted by atomic mass is 35.5. The van der Waals surface area contributed by atoms with Gasteiger partial charge in [-0.25, -0.2) is 0 Å². The second kappa shape index (κ2) is 11.1. The van der Waals surface area contributed by atoms with E-state index in [0.29, 0.717) is 11.4 Å². The van der Waals surface area contributed by atoms with Gasteiger partial charge in [0, 0.05) is 28.1 Å². The zero-order chi connectivity index (χ0) is 27.9. The van der Waals surface area contributed by atoms with Gasteiger partial charge in [-0.2, -0.15) is 0 Å². The molecule has 38 heavy (non-hydrogen) atoms. The Morgan fingerprint density at radius 3 is 2.37 bits per heavy atom. The van der Waals surface area contributed by atoms with Crippen LogP contribution >= 0.6 is 23.2 Å². The number of nitrogens with zero attached hydrogens (tertiary/aromatic N) is 1. The third-order valence-electron chi connectivity index (χ3n) is 9.20. The number of hydrogen-bond donors (Lipinski definition) is 0. The summed E-state index contributed by atoms with van der Waals surface area (Å²) < 4.78 is 6.85. The minimum Gasteiger partial charge on any atom is -0.414 e. The molecule has 0 radical (unpaired) electrons. The van der Waals surface area contributed by atoms with E-state index in [1.807, 2.05) is 30.3 Å². The van der Waals surface area contributed by atoms with E-state index >= 15 is 0 Å². The molecule has 0 aromatic heterocycles. The molecule has 5 atom stereocenters. The number of hydrogen-bond acceptors (Lipinski definition) is 2. The molecule has 1 amide bonds. The van der Waals surface area contributed by atoms with Crippen LogP contribution in [0.3, 0.4) is 0 Å². The number of carbonyl (C=O) groups excluding carboxylic acids is 1. The van der Waals surface area contributed by atoms with Crippen molar-refractivity contribution in [2.45, 2.75) is 102 Å². The van der Waals surface area contributed by atoms with Crippen molar-refractivity contribution in [2.24, 2.45) is 5.41 Å². The first-order chi connectivity index (χ1) is 17.8. The number of carbonyl (C=O) groups is 1.